The number of carbonyl (C=O) groups excluding carboxylic acids is 1. The maximum Gasteiger partial charge on any atom is 0.339 e. The normalized spacial score (nSPS) is 10.3. The van der Waals surface area contributed by atoms with Crippen LogP contribution in [0.2, 0.25) is 0 Å². The van der Waals surface area contributed by atoms with Crippen molar-refractivity contribution in [2.45, 2.75) is 13.2 Å². The number of hydrogen-bond acceptors (Lipinski definition) is 7. The maximum absolute atomic E-state index is 12.1. The van der Waals surface area contributed by atoms with Crippen molar-refractivity contribution in [3.63, 3.8) is 0 Å². The van der Waals surface area contributed by atoms with E-state index in [9.17, 15) is 10.0 Å². The summed E-state index contributed by atoms with van der Waals surface area (Å²) in [5, 5.41) is 13.3. The molecule has 0 bridgehead atoms. The fourth-order valence-corrected chi connectivity index (χ4v) is 2.43. The highest BCUT2D eigenvalue weighted by atomic mass is 32.1. The smallest absolute Gasteiger partial charge is 0.339 e. The number of carbonyl (C=O) groups is 1. The minimum Gasteiger partial charge on any atom is -0.711 e. The second-order valence-electron chi connectivity index (χ2n) is 4.73. The predicted octanol–water partition coefficient (Wildman–Crippen LogP) is 2.11. The van der Waals surface area contributed by atoms with Gasteiger partial charge in [-0.05, 0) is 23.2 Å². The molecule has 0 amide bonds. The molecule has 0 aliphatic carbocycles. The van der Waals surface area contributed by atoms with E-state index in [2.05, 4.69) is 9.97 Å². The van der Waals surface area contributed by atoms with Crippen LogP contribution in [0.25, 0.3) is 0 Å². The number of thiazole rings is 1. The number of esters is 1. The molecule has 3 aromatic rings. The van der Waals surface area contributed by atoms with Crippen LogP contribution in [0.4, 0.5) is 0 Å². The van der Waals surface area contributed by atoms with E-state index in [1.807, 2.05) is 5.38 Å². The van der Waals surface area contributed by atoms with Gasteiger partial charge in [0, 0.05) is 11.4 Å². The molecule has 0 atom stereocenters. The molecule has 0 radical (unpaired) electrons. The number of aromatic nitrogens is 3. The topological polar surface area (TPSA) is 88.2 Å². The van der Waals surface area contributed by atoms with Gasteiger partial charge in [-0.3, -0.25) is 0 Å². The predicted molar refractivity (Wildman–Crippen MR) is 85.2 cm³/mol. The first-order valence-electron chi connectivity index (χ1n) is 7.02. The summed E-state index contributed by atoms with van der Waals surface area (Å²) in [6.07, 6.45) is 2.76. The third kappa shape index (κ3) is 4.05. The fraction of sp³-hybridized carbons (Fsp3) is 0.125. The molecule has 0 aliphatic rings. The van der Waals surface area contributed by atoms with Crippen LogP contribution in [-0.2, 0) is 18.0 Å². The van der Waals surface area contributed by atoms with Gasteiger partial charge in [0.25, 0.3) is 0 Å². The van der Waals surface area contributed by atoms with Gasteiger partial charge in [0.05, 0.1) is 23.0 Å². The first-order chi connectivity index (χ1) is 11.7. The Hall–Kier alpha value is -3.00. The molecule has 0 unspecified atom stereocenters. The van der Waals surface area contributed by atoms with Gasteiger partial charge in [0.2, 0.25) is 0 Å². The van der Waals surface area contributed by atoms with E-state index in [1.54, 1.807) is 29.8 Å². The van der Waals surface area contributed by atoms with Gasteiger partial charge in [0.1, 0.15) is 18.6 Å². The van der Waals surface area contributed by atoms with E-state index in [0.29, 0.717) is 22.7 Å². The summed E-state index contributed by atoms with van der Waals surface area (Å²) in [5.41, 5.74) is 2.88. The van der Waals surface area contributed by atoms with Gasteiger partial charge in [-0.15, -0.1) is 11.3 Å². The summed E-state index contributed by atoms with van der Waals surface area (Å²) in [6, 6.07) is 8.14. The molecule has 3 rings (SSSR count). The first-order valence-corrected chi connectivity index (χ1v) is 7.97. The monoisotopic (exact) mass is 343 g/mol. The van der Waals surface area contributed by atoms with Crippen molar-refractivity contribution in [1.82, 2.24) is 9.97 Å². The molecule has 0 saturated carbocycles. The molecular formula is C16H13N3O4S. The Bertz CT molecular complexity index is 824. The van der Waals surface area contributed by atoms with Gasteiger partial charge < -0.3 is 14.7 Å². The van der Waals surface area contributed by atoms with Crippen molar-refractivity contribution < 1.29 is 19.0 Å². The highest BCUT2D eigenvalue weighted by molar-refractivity contribution is 7.07. The zero-order valence-corrected chi connectivity index (χ0v) is 13.3. The Balaban J connectivity index is 1.60. The maximum atomic E-state index is 12.1. The second kappa shape index (κ2) is 7.51. The van der Waals surface area contributed by atoms with Crippen LogP contribution >= 0.6 is 11.3 Å². The van der Waals surface area contributed by atoms with Crippen LogP contribution in [0, 0.1) is 5.21 Å². The molecule has 0 saturated heterocycles. The molecule has 2 heterocycles. The standard InChI is InChI=1S/C16H13N3O4S/c20-16(23-9-15-17-5-2-6-19(15)21)12-3-1-4-14(7-12)22-8-13-10-24-11-18-13/h1-7,10-11H,8-9H2. The van der Waals surface area contributed by atoms with Crippen LogP contribution in [0.1, 0.15) is 21.9 Å². The van der Waals surface area contributed by atoms with Crippen molar-refractivity contribution in [2.24, 2.45) is 0 Å². The SMILES string of the molecule is O=C(OCc1nccc[n+]1[O-])c1cccc(OCc2cscn2)c1. The molecule has 2 aromatic heterocycles. The van der Waals surface area contributed by atoms with Crippen molar-refractivity contribution >= 4 is 17.3 Å². The molecule has 0 fully saturated rings. The summed E-state index contributed by atoms with van der Waals surface area (Å²) in [7, 11) is 0. The van der Waals surface area contributed by atoms with Gasteiger partial charge in [-0.1, -0.05) is 6.07 Å². The zero-order chi connectivity index (χ0) is 16.8. The van der Waals surface area contributed by atoms with Gasteiger partial charge in [-0.2, -0.15) is 0 Å². The van der Waals surface area contributed by atoms with Gasteiger partial charge in [-0.25, -0.2) is 14.5 Å². The summed E-state index contributed by atoms with van der Waals surface area (Å²) in [5.74, 6) is 0.0933. The Morgan fingerprint density at radius 1 is 1.25 bits per heavy atom. The third-order valence-corrected chi connectivity index (χ3v) is 3.69. The molecule has 1 aromatic carbocycles. The summed E-state index contributed by atoms with van der Waals surface area (Å²) in [4.78, 5) is 20.1. The Morgan fingerprint density at radius 3 is 2.96 bits per heavy atom. The van der Waals surface area contributed by atoms with Crippen LogP contribution in [0.15, 0.2) is 53.6 Å². The molecule has 8 heteroatoms. The van der Waals surface area contributed by atoms with Crippen molar-refractivity contribution in [1.29, 1.82) is 0 Å². The third-order valence-electron chi connectivity index (χ3n) is 3.06. The van der Waals surface area contributed by atoms with Gasteiger partial charge >= 0.3 is 11.8 Å². The largest absolute Gasteiger partial charge is 0.711 e. The lowest BCUT2D eigenvalue weighted by molar-refractivity contribution is -0.620. The van der Waals surface area contributed by atoms with E-state index >= 15 is 0 Å². The fourth-order valence-electron chi connectivity index (χ4n) is 1.88. The molecule has 7 nitrogen and oxygen atoms in total. The minimum atomic E-state index is -0.556. The average molecular weight is 343 g/mol. The number of benzene rings is 1. The molecule has 122 valence electrons. The van der Waals surface area contributed by atoms with E-state index in [0.717, 1.165) is 5.69 Å². The minimum absolute atomic E-state index is 0.113. The summed E-state index contributed by atoms with van der Waals surface area (Å²) in [6.45, 7) is 0.124. The summed E-state index contributed by atoms with van der Waals surface area (Å²) >= 11 is 1.49. The number of hydrogen-bond donors (Lipinski definition) is 0. The molecule has 24 heavy (non-hydrogen) atoms. The Labute approximate surface area is 141 Å². The van der Waals surface area contributed by atoms with Crippen molar-refractivity contribution in [2.75, 3.05) is 0 Å². The number of ether oxygens (including phenoxy) is 2. The van der Waals surface area contributed by atoms with Crippen molar-refractivity contribution in [3.05, 3.63) is 75.9 Å². The quantitative estimate of drug-likeness (QED) is 0.387. The van der Waals surface area contributed by atoms with Crippen LogP contribution in [0.3, 0.4) is 0 Å². The first kappa shape index (κ1) is 15.9. The van der Waals surface area contributed by atoms with Crippen molar-refractivity contribution in [3.8, 4) is 5.75 Å². The number of rotatable bonds is 6. The molecule has 0 aliphatic heterocycles. The van der Waals surface area contributed by atoms with Crippen LogP contribution in [0.5, 0.6) is 5.75 Å². The average Bonchev–Trinajstić information content (AvgIpc) is 3.13. The van der Waals surface area contributed by atoms with E-state index in [-0.39, 0.29) is 12.4 Å². The second-order valence-corrected chi connectivity index (χ2v) is 5.45. The van der Waals surface area contributed by atoms with Gasteiger partial charge in [0.15, 0.2) is 6.61 Å². The Morgan fingerprint density at radius 2 is 2.17 bits per heavy atom. The molecule has 0 N–H and O–H groups in total. The van der Waals surface area contributed by atoms with E-state index < -0.39 is 5.97 Å². The number of nitrogens with zero attached hydrogens (tertiary/aromatic N) is 3. The highest BCUT2D eigenvalue weighted by Crippen LogP contribution is 2.16. The Kier molecular flexibility index (Phi) is 4.97. The van der Waals surface area contributed by atoms with Crippen LogP contribution in [-0.4, -0.2) is 15.9 Å². The highest BCUT2D eigenvalue weighted by Gasteiger charge is 2.13. The van der Waals surface area contributed by atoms with E-state index in [1.165, 1.54) is 29.8 Å². The zero-order valence-electron chi connectivity index (χ0n) is 12.5. The molecular weight excluding hydrogens is 330 g/mol. The van der Waals surface area contributed by atoms with Crippen LogP contribution < -0.4 is 9.47 Å². The lowest BCUT2D eigenvalue weighted by atomic mass is 10.2. The summed E-state index contributed by atoms with van der Waals surface area (Å²) < 4.78 is 11.3. The molecule has 0 spiro atoms. The lowest BCUT2D eigenvalue weighted by Gasteiger charge is -2.08. The lowest BCUT2D eigenvalue weighted by Crippen LogP contribution is -2.33. The van der Waals surface area contributed by atoms with E-state index in [4.69, 9.17) is 9.47 Å².